The molecule has 8 nitrogen and oxygen atoms in total. The summed E-state index contributed by atoms with van der Waals surface area (Å²) in [5.41, 5.74) is 2.62. The van der Waals surface area contributed by atoms with Crippen LogP contribution in [0.15, 0.2) is 23.1 Å². The summed E-state index contributed by atoms with van der Waals surface area (Å²) in [7, 11) is -3.65. The molecule has 0 radical (unpaired) electrons. The van der Waals surface area contributed by atoms with Crippen molar-refractivity contribution in [2.24, 2.45) is 0 Å². The fourth-order valence-electron chi connectivity index (χ4n) is 4.45. The maximum atomic E-state index is 13.5. The van der Waals surface area contributed by atoms with Crippen LogP contribution in [0.25, 0.3) is 11.1 Å². The van der Waals surface area contributed by atoms with Crippen LogP contribution in [0.1, 0.15) is 67.9 Å². The summed E-state index contributed by atoms with van der Waals surface area (Å²) in [5, 5.41) is 7.33. The van der Waals surface area contributed by atoms with E-state index in [0.717, 1.165) is 32.1 Å². The molecule has 1 aromatic carbocycles. The van der Waals surface area contributed by atoms with Gasteiger partial charge in [0.2, 0.25) is 21.8 Å². The van der Waals surface area contributed by atoms with Crippen molar-refractivity contribution in [1.82, 2.24) is 14.1 Å². The molecular formula is C23H30N4O4S. The van der Waals surface area contributed by atoms with Crippen LogP contribution in [-0.2, 0) is 21.2 Å². The average Bonchev–Trinajstić information content (AvgIpc) is 2.92. The van der Waals surface area contributed by atoms with Crippen molar-refractivity contribution in [2.75, 3.05) is 18.4 Å². The van der Waals surface area contributed by atoms with Gasteiger partial charge in [0.25, 0.3) is 0 Å². The highest BCUT2D eigenvalue weighted by atomic mass is 32.2. The van der Waals surface area contributed by atoms with Crippen LogP contribution < -0.4 is 5.32 Å². The molecule has 1 fully saturated rings. The van der Waals surface area contributed by atoms with E-state index in [1.54, 1.807) is 23.4 Å². The predicted molar refractivity (Wildman–Crippen MR) is 122 cm³/mol. The predicted octanol–water partition coefficient (Wildman–Crippen LogP) is 3.75. The summed E-state index contributed by atoms with van der Waals surface area (Å²) in [5.74, 6) is -0.153. The zero-order valence-corrected chi connectivity index (χ0v) is 19.5. The smallest absolute Gasteiger partial charge is 0.249 e. The van der Waals surface area contributed by atoms with E-state index in [0.29, 0.717) is 47.7 Å². The largest absolute Gasteiger partial charge is 0.310 e. The summed E-state index contributed by atoms with van der Waals surface area (Å²) in [6, 6.07) is 5.31. The molecule has 2 aliphatic rings. The number of aryl methyl sites for hydroxylation is 2. The van der Waals surface area contributed by atoms with E-state index in [2.05, 4.69) is 10.4 Å². The van der Waals surface area contributed by atoms with Gasteiger partial charge in [0, 0.05) is 31.5 Å². The van der Waals surface area contributed by atoms with Crippen LogP contribution in [0.3, 0.4) is 0 Å². The van der Waals surface area contributed by atoms with Crippen molar-refractivity contribution < 1.29 is 18.0 Å². The van der Waals surface area contributed by atoms with Crippen LogP contribution >= 0.6 is 0 Å². The summed E-state index contributed by atoms with van der Waals surface area (Å²) >= 11 is 0. The molecule has 0 unspecified atom stereocenters. The van der Waals surface area contributed by atoms with Gasteiger partial charge in [-0.15, -0.1) is 0 Å². The van der Waals surface area contributed by atoms with Gasteiger partial charge in [0.05, 0.1) is 10.6 Å². The molecule has 0 atom stereocenters. The van der Waals surface area contributed by atoms with Gasteiger partial charge >= 0.3 is 0 Å². The number of fused-ring (bicyclic) bond motifs is 1. The molecule has 4 rings (SSSR count). The summed E-state index contributed by atoms with van der Waals surface area (Å²) in [6.07, 6.45) is 5.43. The van der Waals surface area contributed by atoms with Gasteiger partial charge < -0.3 is 5.32 Å². The van der Waals surface area contributed by atoms with Gasteiger partial charge in [0.1, 0.15) is 5.82 Å². The Morgan fingerprint density at radius 2 is 1.78 bits per heavy atom. The number of nitrogens with zero attached hydrogens (tertiary/aromatic N) is 3. The average molecular weight is 459 g/mol. The number of hydrogen-bond donors (Lipinski definition) is 1. The van der Waals surface area contributed by atoms with E-state index < -0.39 is 10.0 Å². The van der Waals surface area contributed by atoms with Gasteiger partial charge in [-0.05, 0) is 43.4 Å². The molecule has 0 aliphatic carbocycles. The lowest BCUT2D eigenvalue weighted by atomic mass is 10.0. The molecule has 9 heteroatoms. The Bertz CT molecular complexity index is 1140. The molecule has 1 amide bonds. The van der Waals surface area contributed by atoms with Gasteiger partial charge in [-0.3, -0.25) is 9.59 Å². The third-order valence-electron chi connectivity index (χ3n) is 6.16. The number of nitrogens with one attached hydrogen (secondary N) is 1. The van der Waals surface area contributed by atoms with Crippen molar-refractivity contribution in [1.29, 1.82) is 0 Å². The van der Waals surface area contributed by atoms with E-state index in [1.807, 2.05) is 13.0 Å². The second-order valence-electron chi connectivity index (χ2n) is 8.57. The minimum Gasteiger partial charge on any atom is -0.310 e. The molecule has 2 aliphatic heterocycles. The molecule has 0 spiro atoms. The molecule has 0 bridgehead atoms. The Hall–Kier alpha value is -2.52. The molecular weight excluding hydrogens is 428 g/mol. The first-order valence-electron chi connectivity index (χ1n) is 11.4. The fraction of sp³-hybridized carbons (Fsp3) is 0.522. The second-order valence-corrected chi connectivity index (χ2v) is 10.5. The number of amides is 1. The van der Waals surface area contributed by atoms with Crippen molar-refractivity contribution in [2.45, 2.75) is 70.1 Å². The highest BCUT2D eigenvalue weighted by Gasteiger charge is 2.30. The van der Waals surface area contributed by atoms with Crippen molar-refractivity contribution in [3.05, 3.63) is 29.5 Å². The molecule has 1 N–H and O–H groups in total. The lowest BCUT2D eigenvalue weighted by Crippen LogP contribution is -2.32. The molecule has 3 heterocycles. The number of rotatable bonds is 5. The quantitative estimate of drug-likeness (QED) is 0.735. The maximum Gasteiger partial charge on any atom is 0.249 e. The Morgan fingerprint density at radius 3 is 2.47 bits per heavy atom. The Balaban J connectivity index is 1.85. The number of benzene rings is 1. The first kappa shape index (κ1) is 22.7. The van der Waals surface area contributed by atoms with Gasteiger partial charge in [-0.25, -0.2) is 8.42 Å². The third kappa shape index (κ3) is 4.23. The molecule has 2 aromatic rings. The summed E-state index contributed by atoms with van der Waals surface area (Å²) in [4.78, 5) is 25.1. The van der Waals surface area contributed by atoms with E-state index in [1.165, 1.54) is 4.68 Å². The monoisotopic (exact) mass is 458 g/mol. The second kappa shape index (κ2) is 9.15. The van der Waals surface area contributed by atoms with E-state index >= 15 is 0 Å². The highest BCUT2D eigenvalue weighted by Crippen LogP contribution is 2.36. The zero-order chi connectivity index (χ0) is 22.9. The topological polar surface area (TPSA) is 101 Å². The minimum atomic E-state index is -3.65. The zero-order valence-electron chi connectivity index (χ0n) is 18.7. The van der Waals surface area contributed by atoms with Crippen LogP contribution in [0.5, 0.6) is 0 Å². The van der Waals surface area contributed by atoms with Crippen molar-refractivity contribution >= 4 is 27.7 Å². The van der Waals surface area contributed by atoms with E-state index in [4.69, 9.17) is 0 Å². The SMILES string of the molecule is CCCc1nn2c(c1-c1ccc(C)c(S(=O)(=O)N3CCCCCC3)c1)NC(=O)CCC2=O. The van der Waals surface area contributed by atoms with Crippen LogP contribution in [-0.4, -0.2) is 47.4 Å². The van der Waals surface area contributed by atoms with Crippen LogP contribution in [0.4, 0.5) is 5.82 Å². The summed E-state index contributed by atoms with van der Waals surface area (Å²) < 4.78 is 29.9. The Morgan fingerprint density at radius 1 is 1.06 bits per heavy atom. The number of aromatic nitrogens is 2. The highest BCUT2D eigenvalue weighted by molar-refractivity contribution is 7.89. The Kier molecular flexibility index (Phi) is 6.48. The molecule has 172 valence electrons. The first-order chi connectivity index (χ1) is 15.3. The van der Waals surface area contributed by atoms with Crippen molar-refractivity contribution in [3.63, 3.8) is 0 Å². The first-order valence-corrected chi connectivity index (χ1v) is 12.8. The number of carbonyl (C=O) groups excluding carboxylic acids is 2. The van der Waals surface area contributed by atoms with E-state index in [-0.39, 0.29) is 29.6 Å². The lowest BCUT2D eigenvalue weighted by Gasteiger charge is -2.21. The third-order valence-corrected chi connectivity index (χ3v) is 8.20. The molecule has 1 saturated heterocycles. The maximum absolute atomic E-state index is 13.5. The van der Waals surface area contributed by atoms with Gasteiger partial charge in [0.15, 0.2) is 0 Å². The number of sulfonamides is 1. The fourth-order valence-corrected chi connectivity index (χ4v) is 6.22. The van der Waals surface area contributed by atoms with E-state index in [9.17, 15) is 18.0 Å². The number of carbonyl (C=O) groups is 2. The normalized spacial score (nSPS) is 18.1. The Labute approximate surface area is 189 Å². The molecule has 32 heavy (non-hydrogen) atoms. The molecule has 0 saturated carbocycles. The van der Waals surface area contributed by atoms with Crippen LogP contribution in [0, 0.1) is 6.92 Å². The number of hydrogen-bond acceptors (Lipinski definition) is 5. The van der Waals surface area contributed by atoms with Gasteiger partial charge in [-0.2, -0.15) is 14.1 Å². The lowest BCUT2D eigenvalue weighted by molar-refractivity contribution is -0.116. The summed E-state index contributed by atoms with van der Waals surface area (Å²) in [6.45, 7) is 4.87. The van der Waals surface area contributed by atoms with Crippen LogP contribution in [0.2, 0.25) is 0 Å². The van der Waals surface area contributed by atoms with Crippen molar-refractivity contribution in [3.8, 4) is 11.1 Å². The molecule has 1 aromatic heterocycles. The van der Waals surface area contributed by atoms with Gasteiger partial charge in [-0.1, -0.05) is 38.3 Å². The number of anilines is 1. The minimum absolute atomic E-state index is 0.0913. The standard InChI is InChI=1S/C23H30N4O4S/c1-3-8-18-22(23-24-20(28)11-12-21(29)27(23)25-18)17-10-9-16(2)19(15-17)32(30,31)26-13-6-4-5-7-14-26/h9-10,15H,3-8,11-14H2,1-2H3,(H,24,28).